The number of benzene rings is 3. The Morgan fingerprint density at radius 2 is 1.50 bits per heavy atom. The highest BCUT2D eigenvalue weighted by Gasteiger charge is 2.15. The maximum absolute atomic E-state index is 12.7. The van der Waals surface area contributed by atoms with E-state index in [1.807, 2.05) is 30.3 Å². The number of anilines is 1. The Morgan fingerprint density at radius 1 is 0.800 bits per heavy atom. The van der Waals surface area contributed by atoms with Crippen molar-refractivity contribution in [3.8, 4) is 17.2 Å². The molecule has 6 nitrogen and oxygen atoms in total. The Hall–Kier alpha value is -3.80. The molecule has 0 aliphatic heterocycles. The van der Waals surface area contributed by atoms with Crippen LogP contribution in [0, 0.1) is 0 Å². The molecule has 1 N–H and O–H groups in total. The molecular formula is C24H23NO5. The average Bonchev–Trinajstić information content (AvgIpc) is 2.78. The molecule has 0 saturated heterocycles. The topological polar surface area (TPSA) is 73.9 Å². The largest absolute Gasteiger partial charge is 0.490 e. The molecule has 3 aromatic rings. The predicted molar refractivity (Wildman–Crippen MR) is 114 cm³/mol. The minimum absolute atomic E-state index is 0.116. The fourth-order valence-electron chi connectivity index (χ4n) is 2.64. The number of esters is 1. The van der Waals surface area contributed by atoms with Crippen molar-refractivity contribution < 1.29 is 23.8 Å². The molecule has 0 heterocycles. The molecule has 1 amide bonds. The number of amides is 1. The van der Waals surface area contributed by atoms with E-state index in [1.54, 1.807) is 55.5 Å². The number of hydrogen-bond acceptors (Lipinski definition) is 5. The van der Waals surface area contributed by atoms with Gasteiger partial charge in [0.15, 0.2) is 0 Å². The van der Waals surface area contributed by atoms with E-state index >= 15 is 0 Å². The molecule has 0 aliphatic carbocycles. The lowest BCUT2D eigenvalue weighted by Gasteiger charge is -2.12. The minimum Gasteiger partial charge on any atom is -0.490 e. The Balaban J connectivity index is 1.60. The van der Waals surface area contributed by atoms with Crippen molar-refractivity contribution in [2.24, 2.45) is 0 Å². The summed E-state index contributed by atoms with van der Waals surface area (Å²) in [6.07, 6.45) is 0.364. The zero-order chi connectivity index (χ0) is 21.2. The van der Waals surface area contributed by atoms with E-state index in [2.05, 4.69) is 5.32 Å². The van der Waals surface area contributed by atoms with Crippen molar-refractivity contribution in [2.45, 2.75) is 13.3 Å². The van der Waals surface area contributed by atoms with Crippen molar-refractivity contribution in [3.05, 3.63) is 84.4 Å². The first-order valence-corrected chi connectivity index (χ1v) is 9.67. The molecule has 3 aromatic carbocycles. The van der Waals surface area contributed by atoms with E-state index in [4.69, 9.17) is 14.2 Å². The first-order chi connectivity index (χ1) is 14.7. The van der Waals surface area contributed by atoms with Gasteiger partial charge in [-0.15, -0.1) is 0 Å². The summed E-state index contributed by atoms with van der Waals surface area (Å²) in [6, 6.07) is 23.0. The van der Waals surface area contributed by atoms with Crippen LogP contribution in [0.3, 0.4) is 0 Å². The van der Waals surface area contributed by atoms with E-state index in [1.165, 1.54) is 0 Å². The zero-order valence-electron chi connectivity index (χ0n) is 16.7. The standard InChI is InChI=1S/C24H23NO5/c1-2-23(26)25-18-9-8-12-20(17-18)30-24(27)21-13-6-7-14-22(21)29-16-15-28-19-10-4-3-5-11-19/h3-14,17H,2,15-16H2,1H3,(H,25,26). The van der Waals surface area contributed by atoms with Crippen LogP contribution in [0.2, 0.25) is 0 Å². The number of rotatable bonds is 9. The number of hydrogen-bond donors (Lipinski definition) is 1. The molecule has 154 valence electrons. The Bertz CT molecular complexity index is 988. The molecule has 30 heavy (non-hydrogen) atoms. The van der Waals surface area contributed by atoms with Crippen LogP contribution in [-0.4, -0.2) is 25.1 Å². The predicted octanol–water partition coefficient (Wildman–Crippen LogP) is 4.71. The molecular weight excluding hydrogens is 382 g/mol. The summed E-state index contributed by atoms with van der Waals surface area (Å²) < 4.78 is 16.8. The number of nitrogens with one attached hydrogen (secondary N) is 1. The fourth-order valence-corrected chi connectivity index (χ4v) is 2.64. The van der Waals surface area contributed by atoms with Crippen molar-refractivity contribution in [1.29, 1.82) is 0 Å². The molecule has 0 aromatic heterocycles. The maximum Gasteiger partial charge on any atom is 0.347 e. The van der Waals surface area contributed by atoms with E-state index in [9.17, 15) is 9.59 Å². The molecule has 0 bridgehead atoms. The van der Waals surface area contributed by atoms with Crippen LogP contribution in [0.25, 0.3) is 0 Å². The maximum atomic E-state index is 12.7. The Labute approximate surface area is 175 Å². The molecule has 0 unspecified atom stereocenters. The molecule has 0 radical (unpaired) electrons. The van der Waals surface area contributed by atoms with Crippen LogP contribution in [-0.2, 0) is 4.79 Å². The summed E-state index contributed by atoms with van der Waals surface area (Å²) in [5, 5.41) is 2.74. The van der Waals surface area contributed by atoms with Gasteiger partial charge in [-0.1, -0.05) is 43.3 Å². The van der Waals surface area contributed by atoms with Crippen molar-refractivity contribution >= 4 is 17.6 Å². The highest BCUT2D eigenvalue weighted by molar-refractivity contribution is 5.94. The number of carbonyl (C=O) groups excluding carboxylic acids is 2. The van der Waals surface area contributed by atoms with Gasteiger partial charge in [-0.05, 0) is 36.4 Å². The van der Waals surface area contributed by atoms with Gasteiger partial charge in [-0.2, -0.15) is 0 Å². The van der Waals surface area contributed by atoms with Crippen LogP contribution in [0.15, 0.2) is 78.9 Å². The summed E-state index contributed by atoms with van der Waals surface area (Å²) in [7, 11) is 0. The third-order valence-electron chi connectivity index (χ3n) is 4.11. The smallest absolute Gasteiger partial charge is 0.347 e. The number of para-hydroxylation sites is 2. The van der Waals surface area contributed by atoms with Crippen molar-refractivity contribution in [2.75, 3.05) is 18.5 Å². The molecule has 0 atom stereocenters. The quantitative estimate of drug-likeness (QED) is 0.317. The van der Waals surface area contributed by atoms with Crippen molar-refractivity contribution in [1.82, 2.24) is 0 Å². The van der Waals surface area contributed by atoms with Gasteiger partial charge >= 0.3 is 5.97 Å². The lowest BCUT2D eigenvalue weighted by molar-refractivity contribution is -0.115. The highest BCUT2D eigenvalue weighted by atomic mass is 16.5. The minimum atomic E-state index is -0.548. The van der Waals surface area contributed by atoms with E-state index in [0.29, 0.717) is 35.8 Å². The summed E-state index contributed by atoms with van der Waals surface area (Å²) in [5.74, 6) is 0.832. The normalized spacial score (nSPS) is 10.2. The molecule has 0 fully saturated rings. The molecule has 6 heteroatoms. The summed E-state index contributed by atoms with van der Waals surface area (Å²) >= 11 is 0. The van der Waals surface area contributed by atoms with Gasteiger partial charge < -0.3 is 19.5 Å². The van der Waals surface area contributed by atoms with Gasteiger partial charge in [0.2, 0.25) is 5.91 Å². The van der Waals surface area contributed by atoms with E-state index in [0.717, 1.165) is 5.75 Å². The molecule has 0 saturated carbocycles. The summed E-state index contributed by atoms with van der Waals surface area (Å²) in [5.41, 5.74) is 0.870. The van der Waals surface area contributed by atoms with Gasteiger partial charge in [0, 0.05) is 18.2 Å². The average molecular weight is 405 g/mol. The SMILES string of the molecule is CCC(=O)Nc1cccc(OC(=O)c2ccccc2OCCOc2ccccc2)c1. The first-order valence-electron chi connectivity index (χ1n) is 9.67. The van der Waals surface area contributed by atoms with Gasteiger partial charge in [0.1, 0.15) is 36.0 Å². The van der Waals surface area contributed by atoms with Gasteiger partial charge in [0.05, 0.1) is 0 Å². The molecule has 0 aliphatic rings. The lowest BCUT2D eigenvalue weighted by atomic mass is 10.2. The molecule has 0 spiro atoms. The summed E-state index contributed by atoms with van der Waals surface area (Å²) in [6.45, 7) is 2.38. The first kappa shape index (κ1) is 20.9. The van der Waals surface area contributed by atoms with Gasteiger partial charge in [-0.25, -0.2) is 4.79 Å². The van der Waals surface area contributed by atoms with Crippen LogP contribution >= 0.6 is 0 Å². The summed E-state index contributed by atoms with van der Waals surface area (Å²) in [4.78, 5) is 24.2. The van der Waals surface area contributed by atoms with Gasteiger partial charge in [-0.3, -0.25) is 4.79 Å². The highest BCUT2D eigenvalue weighted by Crippen LogP contribution is 2.23. The Morgan fingerprint density at radius 3 is 2.30 bits per heavy atom. The van der Waals surface area contributed by atoms with Crippen LogP contribution in [0.1, 0.15) is 23.7 Å². The van der Waals surface area contributed by atoms with Crippen LogP contribution < -0.4 is 19.5 Å². The van der Waals surface area contributed by atoms with Crippen molar-refractivity contribution in [3.63, 3.8) is 0 Å². The monoisotopic (exact) mass is 405 g/mol. The number of ether oxygens (including phenoxy) is 3. The van der Waals surface area contributed by atoms with Crippen LogP contribution in [0.4, 0.5) is 5.69 Å². The second kappa shape index (κ2) is 10.7. The zero-order valence-corrected chi connectivity index (χ0v) is 16.7. The Kier molecular flexibility index (Phi) is 7.44. The van der Waals surface area contributed by atoms with Crippen LogP contribution in [0.5, 0.6) is 17.2 Å². The van der Waals surface area contributed by atoms with Gasteiger partial charge in [0.25, 0.3) is 0 Å². The van der Waals surface area contributed by atoms with E-state index in [-0.39, 0.29) is 12.5 Å². The second-order valence-electron chi connectivity index (χ2n) is 6.33. The second-order valence-corrected chi connectivity index (χ2v) is 6.33. The number of carbonyl (C=O) groups is 2. The molecule has 3 rings (SSSR count). The fraction of sp³-hybridized carbons (Fsp3) is 0.167. The third kappa shape index (κ3) is 6.10. The van der Waals surface area contributed by atoms with E-state index < -0.39 is 5.97 Å². The third-order valence-corrected chi connectivity index (χ3v) is 4.11. The lowest BCUT2D eigenvalue weighted by Crippen LogP contribution is -2.14.